The van der Waals surface area contributed by atoms with Gasteiger partial charge in [0.25, 0.3) is 0 Å². The molecule has 0 amide bonds. The van der Waals surface area contributed by atoms with Gasteiger partial charge in [-0.1, -0.05) is 13.8 Å². The van der Waals surface area contributed by atoms with Crippen LogP contribution in [0.3, 0.4) is 0 Å². The molecule has 0 bridgehead atoms. The van der Waals surface area contributed by atoms with Crippen molar-refractivity contribution in [3.8, 4) is 0 Å². The van der Waals surface area contributed by atoms with Crippen molar-refractivity contribution in [3.63, 3.8) is 0 Å². The van der Waals surface area contributed by atoms with Crippen LogP contribution in [0.25, 0.3) is 0 Å². The van der Waals surface area contributed by atoms with E-state index in [-0.39, 0.29) is 32.9 Å². The molecule has 0 fully saturated rings. The predicted octanol–water partition coefficient (Wildman–Crippen LogP) is 0.476. The van der Waals surface area contributed by atoms with Gasteiger partial charge in [-0.25, -0.2) is 0 Å². The van der Waals surface area contributed by atoms with Crippen LogP contribution in [0.1, 0.15) is 13.8 Å². The van der Waals surface area contributed by atoms with Gasteiger partial charge < -0.3 is 9.59 Å². The Hall–Kier alpha value is 0.0283. The minimum atomic E-state index is -0.313. The first-order chi connectivity index (χ1) is 3.72. The summed E-state index contributed by atoms with van der Waals surface area (Å²) < 4.78 is 0. The van der Waals surface area contributed by atoms with Gasteiger partial charge in [-0.05, 0) is 0 Å². The molecule has 0 rings (SSSR count). The molecule has 3 heteroatoms. The summed E-state index contributed by atoms with van der Waals surface area (Å²) in [4.78, 5) is 19.6. The normalized spacial score (nSPS) is 14.9. The van der Waals surface area contributed by atoms with Crippen LogP contribution in [-0.2, 0) is 30.7 Å². The van der Waals surface area contributed by atoms with Crippen LogP contribution in [0.4, 0.5) is 0 Å². The molecule has 0 saturated carbocycles. The Morgan fingerprint density at radius 2 is 1.22 bits per heavy atom. The Morgan fingerprint density at radius 3 is 1.33 bits per heavy atom. The van der Waals surface area contributed by atoms with Crippen LogP contribution in [0, 0.1) is 11.8 Å². The van der Waals surface area contributed by atoms with E-state index < -0.39 is 0 Å². The quantitative estimate of drug-likeness (QED) is 0.710. The molecule has 0 heterocycles. The van der Waals surface area contributed by atoms with Crippen LogP contribution in [0.5, 0.6) is 0 Å². The number of hydrogen-bond acceptors (Lipinski definition) is 2. The van der Waals surface area contributed by atoms with E-state index in [1.807, 2.05) is 0 Å². The fraction of sp³-hybridized carbons (Fsp3) is 0.667. The van der Waals surface area contributed by atoms with Crippen LogP contribution in [0.2, 0.25) is 0 Å². The molecule has 9 heavy (non-hydrogen) atoms. The van der Waals surface area contributed by atoms with Crippen molar-refractivity contribution >= 4 is 12.6 Å². The van der Waals surface area contributed by atoms with Crippen molar-refractivity contribution in [2.24, 2.45) is 11.8 Å². The molecule has 0 aromatic carbocycles. The summed E-state index contributed by atoms with van der Waals surface area (Å²) in [6, 6.07) is 0. The standard InChI is InChI=1S/C6H8O2.W/c1-5(3-7)6(2)4-8;/h5-6H,1-2H3;/q-2;+2. The summed E-state index contributed by atoms with van der Waals surface area (Å²) in [5.74, 6) is -0.625. The van der Waals surface area contributed by atoms with E-state index in [2.05, 4.69) is 0 Å². The van der Waals surface area contributed by atoms with E-state index in [4.69, 9.17) is 0 Å². The fourth-order valence-electron chi connectivity index (χ4n) is 0.204. The second kappa shape index (κ2) is 6.15. The Morgan fingerprint density at radius 1 is 1.00 bits per heavy atom. The number of hydrogen-bond donors (Lipinski definition) is 0. The molecule has 2 nitrogen and oxygen atoms in total. The van der Waals surface area contributed by atoms with Gasteiger partial charge in [-0.3, -0.25) is 12.6 Å². The molecule has 0 aliphatic carbocycles. The zero-order valence-corrected chi connectivity index (χ0v) is 8.31. The van der Waals surface area contributed by atoms with Gasteiger partial charge in [0.2, 0.25) is 0 Å². The largest absolute Gasteiger partial charge is 2.00 e. The fourth-order valence-corrected chi connectivity index (χ4v) is 0.204. The predicted molar refractivity (Wildman–Crippen MR) is 29.7 cm³/mol. The first-order valence-electron chi connectivity index (χ1n) is 2.47. The first-order valence-corrected chi connectivity index (χ1v) is 2.47. The molecule has 0 saturated heterocycles. The maximum Gasteiger partial charge on any atom is 2.00 e. The number of rotatable bonds is 3. The summed E-state index contributed by atoms with van der Waals surface area (Å²) >= 11 is 0. The molecular weight excluding hydrogens is 288 g/mol. The molecule has 2 atom stereocenters. The third kappa shape index (κ3) is 4.53. The second-order valence-electron chi connectivity index (χ2n) is 1.81. The van der Waals surface area contributed by atoms with Gasteiger partial charge in [-0.2, -0.15) is 11.8 Å². The van der Waals surface area contributed by atoms with E-state index in [0.717, 1.165) is 0 Å². The third-order valence-corrected chi connectivity index (χ3v) is 1.12. The van der Waals surface area contributed by atoms with Gasteiger partial charge in [0.1, 0.15) is 0 Å². The van der Waals surface area contributed by atoms with Gasteiger partial charge in [0.15, 0.2) is 0 Å². The monoisotopic (exact) mass is 296 g/mol. The van der Waals surface area contributed by atoms with Crippen molar-refractivity contribution in [3.05, 3.63) is 0 Å². The summed E-state index contributed by atoms with van der Waals surface area (Å²) in [5, 5.41) is 0. The zero-order valence-electron chi connectivity index (χ0n) is 5.38. The molecule has 0 aromatic rings. The molecule has 2 unspecified atom stereocenters. The second-order valence-corrected chi connectivity index (χ2v) is 1.81. The van der Waals surface area contributed by atoms with Gasteiger partial charge in [0, 0.05) is 0 Å². The molecule has 0 aromatic heterocycles. The van der Waals surface area contributed by atoms with Crippen LogP contribution >= 0.6 is 0 Å². The minimum absolute atomic E-state index is 0. The van der Waals surface area contributed by atoms with Crippen LogP contribution in [-0.4, -0.2) is 12.6 Å². The van der Waals surface area contributed by atoms with Crippen molar-refractivity contribution in [1.82, 2.24) is 0 Å². The Balaban J connectivity index is 0. The van der Waals surface area contributed by atoms with Crippen molar-refractivity contribution in [2.75, 3.05) is 0 Å². The van der Waals surface area contributed by atoms with Gasteiger partial charge >= 0.3 is 21.1 Å². The average Bonchev–Trinajstić information content (AvgIpc) is 1.84. The molecule has 0 N–H and O–H groups in total. The zero-order chi connectivity index (χ0) is 6.57. The maximum atomic E-state index is 9.80. The van der Waals surface area contributed by atoms with Crippen molar-refractivity contribution in [2.45, 2.75) is 13.8 Å². The van der Waals surface area contributed by atoms with E-state index >= 15 is 0 Å². The van der Waals surface area contributed by atoms with E-state index in [1.165, 1.54) is 0 Å². The SMILES string of the molecule is CC([C-]=O)C(C)[C-]=O.[W+2]. The first kappa shape index (κ1) is 11.8. The third-order valence-electron chi connectivity index (χ3n) is 1.12. The molecule has 50 valence electrons. The maximum absolute atomic E-state index is 9.80. The number of carbonyl (C=O) groups excluding carboxylic acids is 2. The smallest absolute Gasteiger partial charge is 0.542 e. The molecule has 0 aliphatic heterocycles. The molecule has 0 aliphatic rings. The van der Waals surface area contributed by atoms with Gasteiger partial charge in [-0.15, -0.1) is 0 Å². The molecule has 0 spiro atoms. The van der Waals surface area contributed by atoms with E-state index in [9.17, 15) is 9.59 Å². The summed E-state index contributed by atoms with van der Waals surface area (Å²) in [6.07, 6.45) is 3.41. The Kier molecular flexibility index (Phi) is 8.05. The van der Waals surface area contributed by atoms with Gasteiger partial charge in [0.05, 0.1) is 0 Å². The van der Waals surface area contributed by atoms with Crippen LogP contribution in [0.15, 0.2) is 0 Å². The Bertz CT molecular complexity index is 81.1. The summed E-state index contributed by atoms with van der Waals surface area (Å²) in [5.41, 5.74) is 0. The average molecular weight is 296 g/mol. The van der Waals surface area contributed by atoms with E-state index in [1.54, 1.807) is 26.4 Å². The minimum Gasteiger partial charge on any atom is -0.542 e. The van der Waals surface area contributed by atoms with E-state index in [0.29, 0.717) is 0 Å². The molecule has 0 radical (unpaired) electrons. The summed E-state index contributed by atoms with van der Waals surface area (Å²) in [6.45, 7) is 3.28. The summed E-state index contributed by atoms with van der Waals surface area (Å²) in [7, 11) is 0. The molecular formula is C6H8O2W. The topological polar surface area (TPSA) is 34.1 Å². The van der Waals surface area contributed by atoms with Crippen LogP contribution < -0.4 is 0 Å². The van der Waals surface area contributed by atoms with Crippen molar-refractivity contribution in [1.29, 1.82) is 0 Å². The Labute approximate surface area is 69.3 Å². The van der Waals surface area contributed by atoms with Crippen molar-refractivity contribution < 1.29 is 30.7 Å².